The highest BCUT2D eigenvalue weighted by Gasteiger charge is 2.16. The predicted octanol–water partition coefficient (Wildman–Crippen LogP) is 21.9. The van der Waals surface area contributed by atoms with Crippen molar-refractivity contribution in [1.29, 1.82) is 0 Å². The van der Waals surface area contributed by atoms with Crippen molar-refractivity contribution in [2.75, 3.05) is 13.2 Å². The average molecular weight is 1030 g/mol. The van der Waals surface area contributed by atoms with E-state index in [4.69, 9.17) is 9.47 Å². The first kappa shape index (κ1) is 70.8. The van der Waals surface area contributed by atoms with Crippen molar-refractivity contribution >= 4 is 11.9 Å². The highest BCUT2D eigenvalue weighted by molar-refractivity contribution is 5.70. The Morgan fingerprint density at radius 2 is 0.581 bits per heavy atom. The number of ether oxygens (including phenoxy) is 2. The highest BCUT2D eigenvalue weighted by atomic mass is 16.6. The van der Waals surface area contributed by atoms with E-state index in [1.807, 2.05) is 0 Å². The summed E-state index contributed by atoms with van der Waals surface area (Å²) in [7, 11) is 0. The van der Waals surface area contributed by atoms with Gasteiger partial charge in [-0.2, -0.15) is 0 Å². The van der Waals surface area contributed by atoms with Crippen LogP contribution < -0.4 is 0 Å². The van der Waals surface area contributed by atoms with Crippen LogP contribution in [0.5, 0.6) is 0 Å². The molecule has 1 unspecified atom stereocenters. The molecule has 0 amide bonds. The van der Waals surface area contributed by atoms with Gasteiger partial charge in [0.25, 0.3) is 0 Å². The zero-order valence-corrected chi connectivity index (χ0v) is 48.8. The second-order valence-corrected chi connectivity index (χ2v) is 21.1. The second-order valence-electron chi connectivity index (χ2n) is 21.1. The Balaban J connectivity index is 3.47. The molecule has 1 atom stereocenters. The highest BCUT2D eigenvalue weighted by Crippen LogP contribution is 2.17. The van der Waals surface area contributed by atoms with Gasteiger partial charge in [0, 0.05) is 12.8 Å². The van der Waals surface area contributed by atoms with Gasteiger partial charge in [0.2, 0.25) is 0 Å². The van der Waals surface area contributed by atoms with E-state index in [2.05, 4.69) is 111 Å². The van der Waals surface area contributed by atoms with E-state index in [-0.39, 0.29) is 25.2 Å². The van der Waals surface area contributed by atoms with Gasteiger partial charge in [-0.15, -0.1) is 0 Å². The minimum Gasteiger partial charge on any atom is -0.462 e. The molecule has 74 heavy (non-hydrogen) atoms. The van der Waals surface area contributed by atoms with Crippen LogP contribution in [0.2, 0.25) is 0 Å². The maximum atomic E-state index is 12.3. The van der Waals surface area contributed by atoms with E-state index in [1.54, 1.807) is 0 Å². The summed E-state index contributed by atoms with van der Waals surface area (Å²) in [5, 5.41) is 9.68. The fraction of sp³-hybridized carbons (Fsp3) is 0.739. The molecule has 1 N–H and O–H groups in total. The second kappa shape index (κ2) is 64.1. The van der Waals surface area contributed by atoms with Crippen molar-refractivity contribution in [3.8, 4) is 0 Å². The van der Waals surface area contributed by atoms with Crippen LogP contribution in [-0.2, 0) is 19.1 Å². The normalized spacial score (nSPS) is 12.9. The molecule has 0 saturated heterocycles. The van der Waals surface area contributed by atoms with Gasteiger partial charge in [-0.1, -0.05) is 297 Å². The van der Waals surface area contributed by atoms with Gasteiger partial charge in [-0.25, -0.2) is 0 Å². The molecule has 0 aliphatic rings. The first-order chi connectivity index (χ1) is 36.6. The van der Waals surface area contributed by atoms with Gasteiger partial charge >= 0.3 is 11.9 Å². The van der Waals surface area contributed by atoms with Gasteiger partial charge in [0.05, 0.1) is 6.61 Å². The summed E-state index contributed by atoms with van der Waals surface area (Å²) in [5.74, 6) is -0.584. The first-order valence-corrected chi connectivity index (χ1v) is 31.8. The lowest BCUT2D eigenvalue weighted by Crippen LogP contribution is -2.28. The van der Waals surface area contributed by atoms with Crippen LogP contribution in [0.1, 0.15) is 309 Å². The molecular formula is C69H120O5. The van der Waals surface area contributed by atoms with E-state index in [0.29, 0.717) is 12.8 Å². The largest absolute Gasteiger partial charge is 0.462 e. The molecule has 0 rings (SSSR count). The van der Waals surface area contributed by atoms with Crippen LogP contribution in [0.3, 0.4) is 0 Å². The molecule has 426 valence electrons. The molecule has 0 fully saturated rings. The first-order valence-electron chi connectivity index (χ1n) is 31.8. The van der Waals surface area contributed by atoms with E-state index in [0.717, 1.165) is 83.5 Å². The minimum atomic E-state index is -0.778. The number of allylic oxidation sites excluding steroid dienone is 16. The average Bonchev–Trinajstić information content (AvgIpc) is 3.40. The molecule has 0 aromatic heterocycles. The fourth-order valence-corrected chi connectivity index (χ4v) is 9.12. The monoisotopic (exact) mass is 1030 g/mol. The zero-order valence-electron chi connectivity index (χ0n) is 48.8. The lowest BCUT2D eigenvalue weighted by atomic mass is 10.0. The van der Waals surface area contributed by atoms with Crippen LogP contribution in [0.25, 0.3) is 0 Å². The lowest BCUT2D eigenvalue weighted by Gasteiger charge is -2.15. The minimum absolute atomic E-state index is 0.0678. The number of rotatable bonds is 58. The molecular weight excluding hydrogens is 909 g/mol. The van der Waals surface area contributed by atoms with E-state index < -0.39 is 6.10 Å². The summed E-state index contributed by atoms with van der Waals surface area (Å²) in [6.07, 6.45) is 91.2. The molecule has 0 saturated carbocycles. The quantitative estimate of drug-likeness (QED) is 0.0373. The molecule has 0 bridgehead atoms. The molecule has 0 heterocycles. The van der Waals surface area contributed by atoms with Gasteiger partial charge < -0.3 is 14.6 Å². The summed E-state index contributed by atoms with van der Waals surface area (Å²) in [6, 6.07) is 0. The van der Waals surface area contributed by atoms with Crippen LogP contribution in [-0.4, -0.2) is 36.4 Å². The van der Waals surface area contributed by atoms with E-state index in [1.165, 1.54) is 199 Å². The summed E-state index contributed by atoms with van der Waals surface area (Å²) in [6.45, 7) is 4.04. The van der Waals surface area contributed by atoms with Crippen molar-refractivity contribution in [1.82, 2.24) is 0 Å². The van der Waals surface area contributed by atoms with Gasteiger partial charge in [0.1, 0.15) is 6.61 Å². The molecule has 0 aromatic rings. The van der Waals surface area contributed by atoms with Crippen molar-refractivity contribution < 1.29 is 24.2 Å². The summed E-state index contributed by atoms with van der Waals surface area (Å²) < 4.78 is 10.7. The summed E-state index contributed by atoms with van der Waals surface area (Å²) in [4.78, 5) is 24.6. The zero-order chi connectivity index (χ0) is 53.4. The van der Waals surface area contributed by atoms with Gasteiger partial charge in [0.15, 0.2) is 6.10 Å². The van der Waals surface area contributed by atoms with Crippen molar-refractivity contribution in [2.24, 2.45) is 0 Å². The maximum absolute atomic E-state index is 12.3. The maximum Gasteiger partial charge on any atom is 0.306 e. The van der Waals surface area contributed by atoms with Crippen molar-refractivity contribution in [2.45, 2.75) is 315 Å². The Morgan fingerprint density at radius 1 is 0.324 bits per heavy atom. The molecule has 0 aromatic carbocycles. The Morgan fingerprint density at radius 3 is 0.878 bits per heavy atom. The number of aliphatic hydroxyl groups excluding tert-OH is 1. The van der Waals surface area contributed by atoms with Crippen LogP contribution >= 0.6 is 0 Å². The molecule has 0 aliphatic heterocycles. The fourth-order valence-electron chi connectivity index (χ4n) is 9.12. The number of esters is 2. The third-order valence-corrected chi connectivity index (χ3v) is 13.9. The summed E-state index contributed by atoms with van der Waals surface area (Å²) >= 11 is 0. The van der Waals surface area contributed by atoms with E-state index in [9.17, 15) is 14.7 Å². The number of carbonyl (C=O) groups excluding carboxylic acids is 2. The lowest BCUT2D eigenvalue weighted by molar-refractivity contribution is -0.161. The Kier molecular flexibility index (Phi) is 61.4. The Labute approximate surface area is 459 Å². The Bertz CT molecular complexity index is 1400. The number of aliphatic hydroxyl groups is 1. The van der Waals surface area contributed by atoms with Crippen LogP contribution in [0.15, 0.2) is 97.2 Å². The number of unbranched alkanes of at least 4 members (excludes halogenated alkanes) is 34. The molecule has 0 spiro atoms. The molecule has 0 radical (unpaired) electrons. The molecule has 5 nitrogen and oxygen atoms in total. The topological polar surface area (TPSA) is 72.8 Å². The smallest absolute Gasteiger partial charge is 0.306 e. The number of carbonyl (C=O) groups is 2. The number of hydrogen-bond donors (Lipinski definition) is 1. The third kappa shape index (κ3) is 61.4. The van der Waals surface area contributed by atoms with Crippen LogP contribution in [0.4, 0.5) is 0 Å². The Hall–Kier alpha value is -3.18. The SMILES string of the molecule is CC/C=C\C/C=C\C/C=C\C/C=C\C/C=C\CCCCCCCCCCCCCCCC(=O)OC(CO)COC(=O)CCCCCCCCCCCCCCCCCC/C=C\C/C=C\C/C=C\CCCCCCC. The van der Waals surface area contributed by atoms with Gasteiger partial charge in [-0.3, -0.25) is 9.59 Å². The van der Waals surface area contributed by atoms with Crippen molar-refractivity contribution in [3.05, 3.63) is 97.2 Å². The summed E-state index contributed by atoms with van der Waals surface area (Å²) in [5.41, 5.74) is 0. The van der Waals surface area contributed by atoms with Crippen molar-refractivity contribution in [3.63, 3.8) is 0 Å². The predicted molar refractivity (Wildman–Crippen MR) is 325 cm³/mol. The molecule has 0 aliphatic carbocycles. The third-order valence-electron chi connectivity index (χ3n) is 13.9. The standard InChI is InChI=1S/C69H120O5/c1-3-5-7-9-11-13-15-17-19-21-23-25-27-29-31-33-34-36-37-39-41-43-45-47-49-51-53-55-57-59-61-63-68(71)73-66-67(65-70)74-69(72)64-62-60-58-56-54-52-50-48-46-44-42-40-38-35-32-30-28-26-24-22-20-18-16-14-12-10-8-6-4-2/h6,8,12,14-15,17-18,20-21,23-24,26-27,29-30,32,67,70H,3-5,7,9-11,13,16,19,22,25,28,31,33-66H2,1-2H3/b8-6-,14-12-,17-15-,20-18-,23-21-,26-24-,29-27-,32-30-. The molecule has 5 heteroatoms. The number of hydrogen-bond acceptors (Lipinski definition) is 5. The van der Waals surface area contributed by atoms with Gasteiger partial charge in [-0.05, 0) is 96.3 Å². The van der Waals surface area contributed by atoms with Crippen LogP contribution in [0, 0.1) is 0 Å². The van der Waals surface area contributed by atoms with E-state index >= 15 is 0 Å².